The Kier molecular flexibility index (Phi) is 7.05. The molecule has 130 valence electrons. The largest absolute Gasteiger partial charge is 0.393 e. The van der Waals surface area contributed by atoms with Gasteiger partial charge in [0.05, 0.1) is 6.61 Å². The van der Waals surface area contributed by atoms with Crippen LogP contribution in [0.4, 0.5) is 0 Å². The summed E-state index contributed by atoms with van der Waals surface area (Å²) in [7, 11) is 0. The first kappa shape index (κ1) is 17.9. The Morgan fingerprint density at radius 3 is 2.78 bits per heavy atom. The maximum atomic E-state index is 12.6. The normalized spacial score (nSPS) is 22.0. The number of ether oxygens (including phenoxy) is 1. The molecular formula is C17H28N2O4. The van der Waals surface area contributed by atoms with Gasteiger partial charge in [0, 0.05) is 19.2 Å². The van der Waals surface area contributed by atoms with Crippen LogP contribution in [0, 0.1) is 0 Å². The van der Waals surface area contributed by atoms with Gasteiger partial charge in [-0.15, -0.1) is 6.58 Å². The summed E-state index contributed by atoms with van der Waals surface area (Å²) in [5.74, 6) is -0.342. The lowest BCUT2D eigenvalue weighted by Crippen LogP contribution is -2.50. The highest BCUT2D eigenvalue weighted by Gasteiger charge is 2.38. The highest BCUT2D eigenvalue weighted by atomic mass is 16.5. The van der Waals surface area contributed by atoms with Crippen molar-refractivity contribution in [1.82, 2.24) is 10.2 Å². The molecule has 1 aliphatic carbocycles. The van der Waals surface area contributed by atoms with Gasteiger partial charge in [0.2, 0.25) is 5.91 Å². The van der Waals surface area contributed by atoms with Crippen molar-refractivity contribution in [2.24, 2.45) is 0 Å². The molecule has 1 saturated carbocycles. The van der Waals surface area contributed by atoms with Crippen molar-refractivity contribution in [1.29, 1.82) is 0 Å². The number of rotatable bonds is 10. The zero-order valence-corrected chi connectivity index (χ0v) is 13.7. The Morgan fingerprint density at radius 1 is 1.35 bits per heavy atom. The van der Waals surface area contributed by atoms with Gasteiger partial charge in [-0.05, 0) is 44.9 Å². The predicted molar refractivity (Wildman–Crippen MR) is 86.8 cm³/mol. The van der Waals surface area contributed by atoms with Crippen LogP contribution in [0.15, 0.2) is 12.7 Å². The molecule has 1 unspecified atom stereocenters. The van der Waals surface area contributed by atoms with E-state index in [0.717, 1.165) is 38.5 Å². The van der Waals surface area contributed by atoms with Gasteiger partial charge >= 0.3 is 0 Å². The number of carbonyl (C=O) groups excluding carboxylic acids is 2. The van der Waals surface area contributed by atoms with Gasteiger partial charge in [-0.3, -0.25) is 9.59 Å². The minimum atomic E-state index is -0.868. The summed E-state index contributed by atoms with van der Waals surface area (Å²) >= 11 is 0. The van der Waals surface area contributed by atoms with Gasteiger partial charge in [-0.25, -0.2) is 0 Å². The number of carbonyl (C=O) groups is 2. The average Bonchev–Trinajstić information content (AvgIpc) is 3.22. The van der Waals surface area contributed by atoms with E-state index in [1.165, 1.54) is 0 Å². The van der Waals surface area contributed by atoms with Gasteiger partial charge in [0.1, 0.15) is 6.04 Å². The number of hydrogen-bond donors (Lipinski definition) is 2. The van der Waals surface area contributed by atoms with E-state index in [-0.39, 0.29) is 24.5 Å². The van der Waals surface area contributed by atoms with E-state index >= 15 is 0 Å². The molecule has 6 nitrogen and oxygen atoms in total. The van der Waals surface area contributed by atoms with Crippen LogP contribution < -0.4 is 5.32 Å². The van der Waals surface area contributed by atoms with Gasteiger partial charge < -0.3 is 20.1 Å². The number of likely N-dealkylation sites (tertiary alicyclic amines) is 1. The van der Waals surface area contributed by atoms with Gasteiger partial charge in [-0.2, -0.15) is 0 Å². The number of hydrogen-bond acceptors (Lipinski definition) is 4. The predicted octanol–water partition coefficient (Wildman–Crippen LogP) is 0.990. The lowest BCUT2D eigenvalue weighted by atomic mass is 10.2. The second-order valence-electron chi connectivity index (χ2n) is 6.30. The highest BCUT2D eigenvalue weighted by Crippen LogP contribution is 2.23. The third-order valence-electron chi connectivity index (χ3n) is 4.33. The van der Waals surface area contributed by atoms with E-state index < -0.39 is 12.1 Å². The number of amides is 2. The fourth-order valence-corrected chi connectivity index (χ4v) is 2.83. The Morgan fingerprint density at radius 2 is 2.13 bits per heavy atom. The number of allylic oxidation sites excluding steroid dienone is 1. The van der Waals surface area contributed by atoms with E-state index in [0.29, 0.717) is 19.6 Å². The summed E-state index contributed by atoms with van der Waals surface area (Å²) in [5, 5.41) is 12.4. The fraction of sp³-hybridized carbons (Fsp3) is 0.765. The molecule has 0 aromatic rings. The molecule has 2 amide bonds. The van der Waals surface area contributed by atoms with Gasteiger partial charge in [0.15, 0.2) is 6.10 Å². The molecule has 0 radical (unpaired) electrons. The third kappa shape index (κ3) is 5.32. The molecule has 2 atom stereocenters. The van der Waals surface area contributed by atoms with E-state index in [4.69, 9.17) is 4.74 Å². The third-order valence-corrected chi connectivity index (χ3v) is 4.33. The molecular weight excluding hydrogens is 296 g/mol. The molecule has 0 aromatic carbocycles. The molecule has 1 aliphatic heterocycles. The second-order valence-corrected chi connectivity index (χ2v) is 6.30. The van der Waals surface area contributed by atoms with Gasteiger partial charge in [0.25, 0.3) is 5.91 Å². The number of aliphatic hydroxyl groups excluding tert-OH is 1. The molecule has 23 heavy (non-hydrogen) atoms. The SMILES string of the molecule is C=CCCCCO[C@H](CO)C(=O)N1CCCC1C(=O)NC1CC1. The van der Waals surface area contributed by atoms with Crippen LogP contribution in [0.3, 0.4) is 0 Å². The molecule has 0 bridgehead atoms. The topological polar surface area (TPSA) is 78.9 Å². The molecule has 1 saturated heterocycles. The minimum absolute atomic E-state index is 0.0685. The zero-order chi connectivity index (χ0) is 16.7. The van der Waals surface area contributed by atoms with Crippen LogP contribution in [0.1, 0.15) is 44.9 Å². The van der Waals surface area contributed by atoms with Crippen molar-refractivity contribution in [2.75, 3.05) is 19.8 Å². The van der Waals surface area contributed by atoms with E-state index in [2.05, 4.69) is 11.9 Å². The van der Waals surface area contributed by atoms with Crippen LogP contribution in [-0.2, 0) is 14.3 Å². The maximum Gasteiger partial charge on any atom is 0.254 e. The fourth-order valence-electron chi connectivity index (χ4n) is 2.83. The van der Waals surface area contributed by atoms with Crippen molar-refractivity contribution < 1.29 is 19.4 Å². The summed E-state index contributed by atoms with van der Waals surface area (Å²) in [6.07, 6.45) is 7.21. The van der Waals surface area contributed by atoms with E-state index in [1.54, 1.807) is 4.90 Å². The Balaban J connectivity index is 1.82. The van der Waals surface area contributed by atoms with Crippen LogP contribution in [0.5, 0.6) is 0 Å². The first-order chi connectivity index (χ1) is 11.2. The lowest BCUT2D eigenvalue weighted by molar-refractivity contribution is -0.150. The number of nitrogens with zero attached hydrogens (tertiary/aromatic N) is 1. The average molecular weight is 324 g/mol. The van der Waals surface area contributed by atoms with Crippen molar-refractivity contribution >= 4 is 11.8 Å². The Hall–Kier alpha value is -1.40. The molecule has 2 rings (SSSR count). The highest BCUT2D eigenvalue weighted by molar-refractivity contribution is 5.90. The molecule has 0 aromatic heterocycles. The molecule has 6 heteroatoms. The monoisotopic (exact) mass is 324 g/mol. The Bertz CT molecular complexity index is 423. The molecule has 2 N–H and O–H groups in total. The standard InChI is InChI=1S/C17H28N2O4/c1-2-3-4-5-11-23-15(12-20)17(22)19-10-6-7-14(19)16(21)18-13-8-9-13/h2,13-15,20H,1,3-12H2,(H,18,21)/t14?,15-/m1/s1. The first-order valence-corrected chi connectivity index (χ1v) is 8.61. The Labute approximate surface area is 137 Å². The number of unbranched alkanes of at least 4 members (excludes halogenated alkanes) is 2. The quantitative estimate of drug-likeness (QED) is 0.464. The summed E-state index contributed by atoms with van der Waals surface area (Å²) < 4.78 is 5.53. The summed E-state index contributed by atoms with van der Waals surface area (Å²) in [5.41, 5.74) is 0. The number of aliphatic hydroxyl groups is 1. The van der Waals surface area contributed by atoms with Crippen LogP contribution in [0.2, 0.25) is 0 Å². The van der Waals surface area contributed by atoms with Crippen LogP contribution >= 0.6 is 0 Å². The van der Waals surface area contributed by atoms with Crippen LogP contribution in [-0.4, -0.2) is 59.8 Å². The smallest absolute Gasteiger partial charge is 0.254 e. The molecule has 2 fully saturated rings. The van der Waals surface area contributed by atoms with Crippen LogP contribution in [0.25, 0.3) is 0 Å². The summed E-state index contributed by atoms with van der Waals surface area (Å²) in [6, 6.07) is -0.128. The molecule has 2 aliphatic rings. The van der Waals surface area contributed by atoms with E-state index in [9.17, 15) is 14.7 Å². The lowest BCUT2D eigenvalue weighted by Gasteiger charge is -2.27. The maximum absolute atomic E-state index is 12.6. The first-order valence-electron chi connectivity index (χ1n) is 8.61. The zero-order valence-electron chi connectivity index (χ0n) is 13.7. The molecule has 1 heterocycles. The summed E-state index contributed by atoms with van der Waals surface area (Å²) in [4.78, 5) is 26.4. The van der Waals surface area contributed by atoms with Crippen molar-refractivity contribution in [2.45, 2.75) is 63.1 Å². The number of nitrogens with one attached hydrogen (secondary N) is 1. The van der Waals surface area contributed by atoms with E-state index in [1.807, 2.05) is 6.08 Å². The van der Waals surface area contributed by atoms with Crippen molar-refractivity contribution in [3.63, 3.8) is 0 Å². The molecule has 0 spiro atoms. The van der Waals surface area contributed by atoms with Gasteiger partial charge in [-0.1, -0.05) is 6.08 Å². The summed E-state index contributed by atoms with van der Waals surface area (Å²) in [6.45, 7) is 4.29. The second kappa shape index (κ2) is 9.03. The minimum Gasteiger partial charge on any atom is -0.393 e. The van der Waals surface area contributed by atoms with Crippen molar-refractivity contribution in [3.05, 3.63) is 12.7 Å². The van der Waals surface area contributed by atoms with Crippen molar-refractivity contribution in [3.8, 4) is 0 Å².